The van der Waals surface area contributed by atoms with Gasteiger partial charge in [-0.25, -0.2) is 4.79 Å². The van der Waals surface area contributed by atoms with E-state index in [9.17, 15) is 4.79 Å². The van der Waals surface area contributed by atoms with Gasteiger partial charge >= 0.3 is 5.97 Å². The van der Waals surface area contributed by atoms with Crippen LogP contribution in [-0.2, 0) is 5.41 Å². The zero-order chi connectivity index (χ0) is 13.9. The van der Waals surface area contributed by atoms with Crippen LogP contribution in [0.4, 0.5) is 0 Å². The van der Waals surface area contributed by atoms with E-state index in [4.69, 9.17) is 9.84 Å². The van der Waals surface area contributed by atoms with Crippen molar-refractivity contribution in [3.63, 3.8) is 0 Å². The molecule has 0 aliphatic heterocycles. The Morgan fingerprint density at radius 3 is 2.39 bits per heavy atom. The summed E-state index contributed by atoms with van der Waals surface area (Å²) >= 11 is 0. The monoisotopic (exact) mass is 250 g/mol. The summed E-state index contributed by atoms with van der Waals surface area (Å²) in [4.78, 5) is 11.0. The summed E-state index contributed by atoms with van der Waals surface area (Å²) in [5.74, 6) is 0.159. The van der Waals surface area contributed by atoms with Crippen molar-refractivity contribution in [2.45, 2.75) is 40.0 Å². The highest BCUT2D eigenvalue weighted by Gasteiger charge is 2.20. The maximum Gasteiger partial charge on any atom is 0.335 e. The molecule has 0 unspecified atom stereocenters. The summed E-state index contributed by atoms with van der Waals surface area (Å²) in [5.41, 5.74) is 1.23. The van der Waals surface area contributed by atoms with Crippen LogP contribution in [0, 0.1) is 5.92 Å². The Bertz CT molecular complexity index is 428. The van der Waals surface area contributed by atoms with E-state index in [2.05, 4.69) is 34.6 Å². The maximum atomic E-state index is 11.0. The number of hydrogen-bond acceptors (Lipinski definition) is 2. The number of benzene rings is 1. The Kier molecular flexibility index (Phi) is 4.38. The Morgan fingerprint density at radius 1 is 1.33 bits per heavy atom. The van der Waals surface area contributed by atoms with Crippen molar-refractivity contribution < 1.29 is 14.6 Å². The molecule has 3 heteroatoms. The molecule has 0 fully saturated rings. The van der Waals surface area contributed by atoms with E-state index in [1.54, 1.807) is 12.1 Å². The fraction of sp³-hybridized carbons (Fsp3) is 0.533. The summed E-state index contributed by atoms with van der Waals surface area (Å²) in [6, 6.07) is 5.09. The molecule has 0 aliphatic rings. The predicted octanol–water partition coefficient (Wildman–Crippen LogP) is 3.72. The Hall–Kier alpha value is -1.51. The van der Waals surface area contributed by atoms with Crippen molar-refractivity contribution in [1.82, 2.24) is 0 Å². The van der Waals surface area contributed by atoms with E-state index in [-0.39, 0.29) is 11.0 Å². The van der Waals surface area contributed by atoms with Crippen LogP contribution >= 0.6 is 0 Å². The van der Waals surface area contributed by atoms with Crippen LogP contribution in [0.5, 0.6) is 5.75 Å². The van der Waals surface area contributed by atoms with Crippen molar-refractivity contribution >= 4 is 5.97 Å². The lowest BCUT2D eigenvalue weighted by atomic mass is 9.86. The number of carboxylic acid groups (broad SMARTS) is 1. The first-order chi connectivity index (χ1) is 8.21. The minimum atomic E-state index is -0.926. The third-order valence-electron chi connectivity index (χ3n) is 2.61. The molecule has 0 atom stereocenters. The number of ether oxygens (including phenoxy) is 1. The van der Waals surface area contributed by atoms with Crippen molar-refractivity contribution in [1.29, 1.82) is 0 Å². The molecule has 1 aromatic rings. The number of carbonyl (C=O) groups is 1. The molecule has 100 valence electrons. The molecule has 1 N–H and O–H groups in total. The quantitative estimate of drug-likeness (QED) is 0.886. The molecule has 0 saturated carbocycles. The normalized spacial score (nSPS) is 11.7. The number of aromatic carboxylic acids is 1. The Morgan fingerprint density at radius 2 is 1.94 bits per heavy atom. The first-order valence-electron chi connectivity index (χ1n) is 6.22. The maximum absolute atomic E-state index is 11.0. The highest BCUT2D eigenvalue weighted by atomic mass is 16.5. The SMILES string of the molecule is CC(C)COc1cc(C(=O)O)ccc1C(C)(C)C. The van der Waals surface area contributed by atoms with Gasteiger partial charge in [0.15, 0.2) is 0 Å². The van der Waals surface area contributed by atoms with E-state index in [1.165, 1.54) is 0 Å². The summed E-state index contributed by atoms with van der Waals surface area (Å²) in [6.45, 7) is 11.0. The highest BCUT2D eigenvalue weighted by molar-refractivity contribution is 5.88. The van der Waals surface area contributed by atoms with Gasteiger partial charge in [-0.3, -0.25) is 0 Å². The van der Waals surface area contributed by atoms with Gasteiger partial charge < -0.3 is 9.84 Å². The van der Waals surface area contributed by atoms with Crippen molar-refractivity contribution in [3.05, 3.63) is 29.3 Å². The molecule has 1 rings (SSSR count). The van der Waals surface area contributed by atoms with E-state index in [0.717, 1.165) is 5.56 Å². The van der Waals surface area contributed by atoms with E-state index in [0.29, 0.717) is 18.3 Å². The molecule has 0 amide bonds. The largest absolute Gasteiger partial charge is 0.493 e. The van der Waals surface area contributed by atoms with Gasteiger partial charge in [-0.1, -0.05) is 40.7 Å². The smallest absolute Gasteiger partial charge is 0.335 e. The van der Waals surface area contributed by atoms with Gasteiger partial charge in [0.25, 0.3) is 0 Å². The molecule has 0 saturated heterocycles. The van der Waals surface area contributed by atoms with Gasteiger partial charge in [0.2, 0.25) is 0 Å². The summed E-state index contributed by atoms with van der Waals surface area (Å²) in [5, 5.41) is 9.02. The summed E-state index contributed by atoms with van der Waals surface area (Å²) < 4.78 is 5.75. The lowest BCUT2D eigenvalue weighted by Gasteiger charge is -2.23. The van der Waals surface area contributed by atoms with Crippen LogP contribution in [0.25, 0.3) is 0 Å². The third kappa shape index (κ3) is 3.76. The average Bonchev–Trinajstić information content (AvgIpc) is 2.24. The van der Waals surface area contributed by atoms with Crippen LogP contribution in [0.3, 0.4) is 0 Å². The lowest BCUT2D eigenvalue weighted by Crippen LogP contribution is -2.16. The van der Waals surface area contributed by atoms with Gasteiger partial charge in [0.05, 0.1) is 12.2 Å². The second-order valence-corrected chi connectivity index (χ2v) is 5.97. The minimum absolute atomic E-state index is 0.0661. The van der Waals surface area contributed by atoms with Gasteiger partial charge in [0.1, 0.15) is 5.75 Å². The molecular weight excluding hydrogens is 228 g/mol. The Labute approximate surface area is 109 Å². The standard InChI is InChI=1S/C15H22O3/c1-10(2)9-18-13-8-11(14(16)17)6-7-12(13)15(3,4)5/h6-8,10H,9H2,1-5H3,(H,16,17). The molecular formula is C15H22O3. The first kappa shape index (κ1) is 14.6. The summed E-state index contributed by atoms with van der Waals surface area (Å²) in [6.07, 6.45) is 0. The first-order valence-corrected chi connectivity index (χ1v) is 6.22. The predicted molar refractivity (Wildman–Crippen MR) is 72.4 cm³/mol. The summed E-state index contributed by atoms with van der Waals surface area (Å²) in [7, 11) is 0. The van der Waals surface area contributed by atoms with Crippen molar-refractivity contribution in [3.8, 4) is 5.75 Å². The molecule has 3 nitrogen and oxygen atoms in total. The van der Waals surface area contributed by atoms with Crippen LogP contribution in [0.2, 0.25) is 0 Å². The number of hydrogen-bond donors (Lipinski definition) is 1. The topological polar surface area (TPSA) is 46.5 Å². The van der Waals surface area contributed by atoms with E-state index in [1.807, 2.05) is 6.07 Å². The van der Waals surface area contributed by atoms with Crippen LogP contribution < -0.4 is 4.74 Å². The minimum Gasteiger partial charge on any atom is -0.493 e. The van der Waals surface area contributed by atoms with Gasteiger partial charge in [-0.2, -0.15) is 0 Å². The molecule has 0 aromatic heterocycles. The Balaban J connectivity index is 3.14. The number of carboxylic acids is 1. The zero-order valence-corrected chi connectivity index (χ0v) is 11.8. The van der Waals surface area contributed by atoms with E-state index >= 15 is 0 Å². The van der Waals surface area contributed by atoms with Crippen LogP contribution in [0.15, 0.2) is 18.2 Å². The van der Waals surface area contributed by atoms with Crippen molar-refractivity contribution in [2.24, 2.45) is 5.92 Å². The molecule has 0 bridgehead atoms. The van der Waals surface area contributed by atoms with Gasteiger partial charge in [-0.05, 0) is 29.0 Å². The second-order valence-electron chi connectivity index (χ2n) is 5.97. The van der Waals surface area contributed by atoms with Crippen LogP contribution in [-0.4, -0.2) is 17.7 Å². The fourth-order valence-corrected chi connectivity index (χ4v) is 1.65. The molecule has 0 aliphatic carbocycles. The average molecular weight is 250 g/mol. The molecule has 0 heterocycles. The third-order valence-corrected chi connectivity index (χ3v) is 2.61. The molecule has 0 spiro atoms. The van der Waals surface area contributed by atoms with Gasteiger partial charge in [-0.15, -0.1) is 0 Å². The van der Waals surface area contributed by atoms with Crippen LogP contribution in [0.1, 0.15) is 50.5 Å². The fourth-order valence-electron chi connectivity index (χ4n) is 1.65. The molecule has 18 heavy (non-hydrogen) atoms. The number of rotatable bonds is 4. The molecule has 1 aromatic carbocycles. The second kappa shape index (κ2) is 5.42. The van der Waals surface area contributed by atoms with E-state index < -0.39 is 5.97 Å². The van der Waals surface area contributed by atoms with Crippen molar-refractivity contribution in [2.75, 3.05) is 6.61 Å². The highest BCUT2D eigenvalue weighted by Crippen LogP contribution is 2.32. The zero-order valence-electron chi connectivity index (χ0n) is 11.8. The lowest BCUT2D eigenvalue weighted by molar-refractivity contribution is 0.0696. The van der Waals surface area contributed by atoms with Gasteiger partial charge in [0, 0.05) is 0 Å². The molecule has 0 radical (unpaired) electrons.